The fourth-order valence-electron chi connectivity index (χ4n) is 3.75. The highest BCUT2D eigenvalue weighted by atomic mass is 16.5. The summed E-state index contributed by atoms with van der Waals surface area (Å²) >= 11 is 0. The summed E-state index contributed by atoms with van der Waals surface area (Å²) in [6.07, 6.45) is 2.16. The number of phenols is 1. The number of nitrogens with zero attached hydrogens (tertiary/aromatic N) is 2. The summed E-state index contributed by atoms with van der Waals surface area (Å²) in [6, 6.07) is 7.38. The Hall–Kier alpha value is -2.37. The predicted molar refractivity (Wildman–Crippen MR) is 96.9 cm³/mol. The van der Waals surface area contributed by atoms with Gasteiger partial charge in [-0.15, -0.1) is 0 Å². The minimum absolute atomic E-state index is 0.0706. The van der Waals surface area contributed by atoms with Gasteiger partial charge in [0.05, 0.1) is 23.5 Å². The van der Waals surface area contributed by atoms with Crippen LogP contribution in [0.1, 0.15) is 18.2 Å². The van der Waals surface area contributed by atoms with E-state index in [-0.39, 0.29) is 18.3 Å². The molecule has 0 radical (unpaired) electrons. The summed E-state index contributed by atoms with van der Waals surface area (Å²) in [5.41, 5.74) is 6.51. The summed E-state index contributed by atoms with van der Waals surface area (Å²) in [5, 5.41) is 20.3. The Balaban J connectivity index is 1.82. The quantitative estimate of drug-likeness (QED) is 0.897. The van der Waals surface area contributed by atoms with Crippen LogP contribution >= 0.6 is 0 Å². The summed E-state index contributed by atoms with van der Waals surface area (Å²) in [5.74, 6) is 0.327. The van der Waals surface area contributed by atoms with Gasteiger partial charge in [-0.05, 0) is 47.1 Å². The van der Waals surface area contributed by atoms with Crippen molar-refractivity contribution < 1.29 is 14.9 Å². The Labute approximate surface area is 146 Å². The second-order valence-electron chi connectivity index (χ2n) is 6.83. The average Bonchev–Trinajstić information content (AvgIpc) is 2.95. The Kier molecular flexibility index (Phi) is 3.98. The number of hydrogen-bond acceptors (Lipinski definition) is 5. The Morgan fingerprint density at radius 3 is 2.88 bits per heavy atom. The largest absolute Gasteiger partial charge is 0.508 e. The first-order valence-corrected chi connectivity index (χ1v) is 8.52. The molecule has 2 N–H and O–H groups in total. The molecule has 5 nitrogen and oxygen atoms in total. The number of pyridine rings is 1. The van der Waals surface area contributed by atoms with Crippen molar-refractivity contribution in [3.8, 4) is 5.75 Å². The molecular weight excluding hydrogens is 316 g/mol. The standard InChI is InChI=1S/C20H22N2O3/c1-12(10-23)17-7-19-20-14(8-22(19)9-15(17)11-25-2)5-13-6-16(24)3-4-18(13)21-20/h3-7,12,23-24H,8-11H2,1-2H3. The number of aromatic nitrogens is 1. The lowest BCUT2D eigenvalue weighted by Gasteiger charge is -2.30. The second kappa shape index (κ2) is 6.17. The van der Waals surface area contributed by atoms with Gasteiger partial charge in [0.2, 0.25) is 0 Å². The minimum atomic E-state index is 0.0706. The highest BCUT2D eigenvalue weighted by Crippen LogP contribution is 2.39. The van der Waals surface area contributed by atoms with Crippen LogP contribution in [0.2, 0.25) is 0 Å². The van der Waals surface area contributed by atoms with Crippen LogP contribution in [0.15, 0.2) is 41.5 Å². The Bertz CT molecular complexity index is 901. The zero-order valence-corrected chi connectivity index (χ0v) is 14.5. The van der Waals surface area contributed by atoms with Gasteiger partial charge < -0.3 is 19.8 Å². The molecule has 25 heavy (non-hydrogen) atoms. The first kappa shape index (κ1) is 16.1. The van der Waals surface area contributed by atoms with E-state index in [0.717, 1.165) is 41.0 Å². The molecule has 0 bridgehead atoms. The zero-order valence-electron chi connectivity index (χ0n) is 14.5. The molecule has 5 heteroatoms. The topological polar surface area (TPSA) is 65.8 Å². The van der Waals surface area contributed by atoms with Gasteiger partial charge in [0.1, 0.15) is 5.75 Å². The molecule has 1 unspecified atom stereocenters. The van der Waals surface area contributed by atoms with Gasteiger partial charge in [0.25, 0.3) is 0 Å². The van der Waals surface area contributed by atoms with E-state index in [2.05, 4.69) is 17.0 Å². The number of phenolic OH excluding ortho intramolecular Hbond substituents is 1. The SMILES string of the molecule is COCC1=C(C(C)CO)C=C2c3nc4ccc(O)cc4cc3CN2C1. The fourth-order valence-corrected chi connectivity index (χ4v) is 3.75. The third-order valence-corrected chi connectivity index (χ3v) is 5.03. The second-order valence-corrected chi connectivity index (χ2v) is 6.83. The van der Waals surface area contributed by atoms with Crippen LogP contribution in [-0.4, -0.2) is 47.0 Å². The fraction of sp³-hybridized carbons (Fsp3) is 0.350. The van der Waals surface area contributed by atoms with Crippen LogP contribution in [0, 0.1) is 5.92 Å². The molecule has 1 aromatic heterocycles. The van der Waals surface area contributed by atoms with Gasteiger partial charge in [-0.25, -0.2) is 4.98 Å². The lowest BCUT2D eigenvalue weighted by atomic mass is 9.92. The van der Waals surface area contributed by atoms with Crippen LogP contribution in [0.5, 0.6) is 5.75 Å². The molecule has 1 aromatic carbocycles. The van der Waals surface area contributed by atoms with Crippen molar-refractivity contribution >= 4 is 16.6 Å². The monoisotopic (exact) mass is 338 g/mol. The smallest absolute Gasteiger partial charge is 0.116 e. The lowest BCUT2D eigenvalue weighted by molar-refractivity contribution is 0.212. The molecule has 0 spiro atoms. The van der Waals surface area contributed by atoms with Crippen LogP contribution in [0.25, 0.3) is 16.6 Å². The van der Waals surface area contributed by atoms with E-state index >= 15 is 0 Å². The van der Waals surface area contributed by atoms with E-state index in [1.165, 1.54) is 11.1 Å². The van der Waals surface area contributed by atoms with Crippen LogP contribution in [-0.2, 0) is 11.3 Å². The van der Waals surface area contributed by atoms with E-state index < -0.39 is 0 Å². The molecule has 0 fully saturated rings. The zero-order chi connectivity index (χ0) is 17.6. The molecule has 2 aromatic rings. The van der Waals surface area contributed by atoms with Gasteiger partial charge in [-0.1, -0.05) is 6.92 Å². The van der Waals surface area contributed by atoms with E-state index in [1.54, 1.807) is 19.2 Å². The Morgan fingerprint density at radius 1 is 1.28 bits per heavy atom. The van der Waals surface area contributed by atoms with Crippen molar-refractivity contribution in [2.45, 2.75) is 13.5 Å². The summed E-state index contributed by atoms with van der Waals surface area (Å²) < 4.78 is 5.37. The number of hydrogen-bond donors (Lipinski definition) is 2. The first-order valence-electron chi connectivity index (χ1n) is 8.52. The molecule has 0 saturated carbocycles. The predicted octanol–water partition coefficient (Wildman–Crippen LogP) is 2.68. The lowest BCUT2D eigenvalue weighted by Crippen LogP contribution is -2.27. The summed E-state index contributed by atoms with van der Waals surface area (Å²) in [6.45, 7) is 4.30. The maximum absolute atomic E-state index is 9.71. The molecule has 2 aliphatic heterocycles. The Morgan fingerprint density at radius 2 is 2.12 bits per heavy atom. The van der Waals surface area contributed by atoms with Crippen molar-refractivity contribution in [1.29, 1.82) is 0 Å². The molecule has 0 aliphatic carbocycles. The number of ether oxygens (including phenoxy) is 1. The minimum Gasteiger partial charge on any atom is -0.508 e. The number of aromatic hydroxyl groups is 1. The third kappa shape index (κ3) is 2.69. The highest BCUT2D eigenvalue weighted by Gasteiger charge is 2.31. The van der Waals surface area contributed by atoms with Crippen molar-refractivity contribution in [3.05, 3.63) is 52.7 Å². The van der Waals surface area contributed by atoms with Gasteiger partial charge in [0, 0.05) is 38.1 Å². The van der Waals surface area contributed by atoms with Crippen molar-refractivity contribution in [1.82, 2.24) is 9.88 Å². The number of aliphatic hydroxyl groups excluding tert-OH is 1. The van der Waals surface area contributed by atoms with E-state index in [0.29, 0.717) is 6.61 Å². The number of aliphatic hydroxyl groups is 1. The third-order valence-electron chi connectivity index (χ3n) is 5.03. The molecule has 4 rings (SSSR count). The van der Waals surface area contributed by atoms with E-state index in [9.17, 15) is 10.2 Å². The number of rotatable bonds is 4. The van der Waals surface area contributed by atoms with Crippen LogP contribution < -0.4 is 0 Å². The first-order chi connectivity index (χ1) is 12.1. The van der Waals surface area contributed by atoms with Gasteiger partial charge >= 0.3 is 0 Å². The maximum atomic E-state index is 9.71. The van der Waals surface area contributed by atoms with E-state index in [4.69, 9.17) is 9.72 Å². The molecule has 0 amide bonds. The average molecular weight is 338 g/mol. The summed E-state index contributed by atoms with van der Waals surface area (Å²) in [4.78, 5) is 7.14. The normalized spacial score (nSPS) is 17.6. The molecule has 3 heterocycles. The van der Waals surface area contributed by atoms with Crippen molar-refractivity contribution in [2.24, 2.45) is 5.92 Å². The number of benzene rings is 1. The van der Waals surface area contributed by atoms with Gasteiger partial charge in [0.15, 0.2) is 0 Å². The number of allylic oxidation sites excluding steroid dienone is 1. The highest BCUT2D eigenvalue weighted by molar-refractivity contribution is 5.85. The maximum Gasteiger partial charge on any atom is 0.116 e. The van der Waals surface area contributed by atoms with E-state index in [1.807, 2.05) is 13.0 Å². The van der Waals surface area contributed by atoms with Crippen LogP contribution in [0.4, 0.5) is 0 Å². The summed E-state index contributed by atoms with van der Waals surface area (Å²) in [7, 11) is 1.70. The van der Waals surface area contributed by atoms with Gasteiger partial charge in [-0.2, -0.15) is 0 Å². The molecular formula is C20H22N2O3. The van der Waals surface area contributed by atoms with Crippen molar-refractivity contribution in [3.63, 3.8) is 0 Å². The number of fused-ring (bicyclic) bond motifs is 4. The molecule has 1 atom stereocenters. The van der Waals surface area contributed by atoms with Gasteiger partial charge in [-0.3, -0.25) is 0 Å². The van der Waals surface area contributed by atoms with Crippen molar-refractivity contribution in [2.75, 3.05) is 26.9 Å². The number of methoxy groups -OCH3 is 1. The molecule has 2 aliphatic rings. The van der Waals surface area contributed by atoms with Crippen LogP contribution in [0.3, 0.4) is 0 Å². The molecule has 0 saturated heterocycles. The molecule has 130 valence electrons.